The number of nitrogens with one attached hydrogen (secondary N) is 1. The van der Waals surface area contributed by atoms with Crippen LogP contribution in [0, 0.1) is 12.7 Å². The van der Waals surface area contributed by atoms with Gasteiger partial charge in [0.1, 0.15) is 16.5 Å². The van der Waals surface area contributed by atoms with Crippen LogP contribution in [0.15, 0.2) is 64.8 Å². The van der Waals surface area contributed by atoms with Crippen LogP contribution in [0.5, 0.6) is 0 Å². The Bertz CT molecular complexity index is 1310. The highest BCUT2D eigenvalue weighted by molar-refractivity contribution is 7.23. The van der Waals surface area contributed by atoms with E-state index in [1.807, 2.05) is 24.4 Å². The number of carbonyl (C=O) groups is 1. The highest BCUT2D eigenvalue weighted by Gasteiger charge is 2.14. The van der Waals surface area contributed by atoms with Crippen LogP contribution in [-0.2, 0) is 11.3 Å². The normalized spacial score (nSPS) is 11.2. The van der Waals surface area contributed by atoms with Crippen molar-refractivity contribution in [1.29, 1.82) is 0 Å². The summed E-state index contributed by atoms with van der Waals surface area (Å²) < 4.78 is 14.3. The van der Waals surface area contributed by atoms with Crippen LogP contribution in [0.1, 0.15) is 11.3 Å². The maximum Gasteiger partial charge on any atom is 0.266 e. The fourth-order valence-corrected chi connectivity index (χ4v) is 4.79. The number of thiophene rings is 1. The quantitative estimate of drug-likeness (QED) is 0.410. The molecule has 0 radical (unpaired) electrons. The molecule has 1 N–H and O–H groups in total. The Morgan fingerprint density at radius 3 is 2.75 bits per heavy atom. The van der Waals surface area contributed by atoms with Crippen LogP contribution in [0.2, 0.25) is 0 Å². The first-order valence-corrected chi connectivity index (χ1v) is 11.5. The minimum atomic E-state index is -0.331. The summed E-state index contributed by atoms with van der Waals surface area (Å²) in [6.45, 7) is 2.40. The first-order valence-electron chi connectivity index (χ1n) is 9.81. The van der Waals surface area contributed by atoms with Gasteiger partial charge in [-0.15, -0.1) is 22.7 Å². The van der Waals surface area contributed by atoms with Crippen molar-refractivity contribution in [2.45, 2.75) is 13.5 Å². The number of rotatable bonds is 7. The van der Waals surface area contributed by atoms with Crippen molar-refractivity contribution < 1.29 is 9.18 Å². The average Bonchev–Trinajstić information content (AvgIpc) is 3.45. The number of benzene rings is 1. The Balaban J connectivity index is 1.41. The first kappa shape index (κ1) is 21.8. The molecule has 162 valence electrons. The molecule has 0 aliphatic carbocycles. The summed E-state index contributed by atoms with van der Waals surface area (Å²) in [5.74, 6) is -0.638. The maximum absolute atomic E-state index is 12.9. The van der Waals surface area contributed by atoms with E-state index in [1.54, 1.807) is 35.6 Å². The van der Waals surface area contributed by atoms with Crippen LogP contribution in [0.4, 0.5) is 4.39 Å². The number of amides is 1. The third-order valence-corrected chi connectivity index (χ3v) is 6.77. The second kappa shape index (κ2) is 9.80. The topological polar surface area (TPSA) is 76.9 Å². The SMILES string of the molecule is Cc1nc(-c2cccs2)sc1-c1ccc(=O)n(CCNC(=O)/C=C/c2ccc(F)cc2)n1. The molecule has 9 heteroatoms. The number of aryl methyl sites for hydroxylation is 1. The molecule has 4 aromatic rings. The van der Waals surface area contributed by atoms with Gasteiger partial charge in [-0.2, -0.15) is 5.10 Å². The zero-order valence-corrected chi connectivity index (χ0v) is 18.8. The highest BCUT2D eigenvalue weighted by atomic mass is 32.1. The summed E-state index contributed by atoms with van der Waals surface area (Å²) in [4.78, 5) is 30.9. The molecule has 0 aliphatic heterocycles. The Labute approximate surface area is 191 Å². The number of thiazole rings is 1. The van der Waals surface area contributed by atoms with Crippen molar-refractivity contribution in [2.24, 2.45) is 0 Å². The second-order valence-corrected chi connectivity index (χ2v) is 8.81. The van der Waals surface area contributed by atoms with E-state index in [4.69, 9.17) is 0 Å². The molecule has 0 unspecified atom stereocenters. The number of halogens is 1. The van der Waals surface area contributed by atoms with Crippen molar-refractivity contribution in [3.63, 3.8) is 0 Å². The van der Waals surface area contributed by atoms with E-state index < -0.39 is 0 Å². The summed E-state index contributed by atoms with van der Waals surface area (Å²) in [7, 11) is 0. The van der Waals surface area contributed by atoms with Gasteiger partial charge in [0.25, 0.3) is 5.56 Å². The predicted octanol–water partition coefficient (Wildman–Crippen LogP) is 4.37. The molecule has 32 heavy (non-hydrogen) atoms. The van der Waals surface area contributed by atoms with Gasteiger partial charge in [-0.1, -0.05) is 18.2 Å². The number of nitrogens with zero attached hydrogens (tertiary/aromatic N) is 3. The number of carbonyl (C=O) groups excluding carboxylic acids is 1. The molecular weight excluding hydrogens is 447 g/mol. The van der Waals surface area contributed by atoms with E-state index in [0.29, 0.717) is 11.3 Å². The summed E-state index contributed by atoms with van der Waals surface area (Å²) in [5, 5.41) is 10.1. The first-order chi connectivity index (χ1) is 15.5. The van der Waals surface area contributed by atoms with E-state index in [9.17, 15) is 14.0 Å². The van der Waals surface area contributed by atoms with E-state index in [2.05, 4.69) is 15.4 Å². The minimum Gasteiger partial charge on any atom is -0.351 e. The predicted molar refractivity (Wildman–Crippen MR) is 126 cm³/mol. The largest absolute Gasteiger partial charge is 0.351 e. The standard InChI is InChI=1S/C23H19FN4O2S2/c1-15-22(32-23(26-15)19-3-2-14-31-19)18-9-11-21(30)28(27-18)13-12-25-20(29)10-6-16-4-7-17(24)8-5-16/h2-11,14H,12-13H2,1H3,(H,25,29)/b10-6+. The molecular formula is C23H19FN4O2S2. The van der Waals surface area contributed by atoms with Crippen molar-refractivity contribution in [1.82, 2.24) is 20.1 Å². The fraction of sp³-hybridized carbons (Fsp3) is 0.130. The van der Waals surface area contributed by atoms with Gasteiger partial charge in [-0.25, -0.2) is 14.1 Å². The third-order valence-electron chi connectivity index (χ3n) is 4.55. The Morgan fingerprint density at radius 2 is 2.00 bits per heavy atom. The Morgan fingerprint density at radius 1 is 1.19 bits per heavy atom. The van der Waals surface area contributed by atoms with Gasteiger partial charge in [0.15, 0.2) is 0 Å². The molecule has 0 aliphatic rings. The van der Waals surface area contributed by atoms with Crippen molar-refractivity contribution in [3.05, 3.63) is 87.4 Å². The smallest absolute Gasteiger partial charge is 0.266 e. The summed E-state index contributed by atoms with van der Waals surface area (Å²) in [6, 6.07) is 13.0. The van der Waals surface area contributed by atoms with Gasteiger partial charge in [-0.05, 0) is 48.2 Å². The van der Waals surface area contributed by atoms with Gasteiger partial charge in [0.05, 0.1) is 22.0 Å². The minimum absolute atomic E-state index is 0.235. The van der Waals surface area contributed by atoms with E-state index >= 15 is 0 Å². The highest BCUT2D eigenvalue weighted by Crippen LogP contribution is 2.35. The van der Waals surface area contributed by atoms with Crippen LogP contribution in [-0.4, -0.2) is 27.2 Å². The number of aromatic nitrogens is 3. The Hall–Kier alpha value is -3.43. The third kappa shape index (κ3) is 5.24. The molecule has 1 aromatic carbocycles. The molecule has 1 amide bonds. The van der Waals surface area contributed by atoms with Gasteiger partial charge >= 0.3 is 0 Å². The lowest BCUT2D eigenvalue weighted by atomic mass is 10.2. The zero-order valence-electron chi connectivity index (χ0n) is 17.1. The van der Waals surface area contributed by atoms with Gasteiger partial charge in [0.2, 0.25) is 5.91 Å². The lowest BCUT2D eigenvalue weighted by Gasteiger charge is -2.07. The second-order valence-electron chi connectivity index (χ2n) is 6.87. The van der Waals surface area contributed by atoms with Crippen molar-refractivity contribution in [2.75, 3.05) is 6.54 Å². The molecule has 0 saturated heterocycles. The molecule has 6 nitrogen and oxygen atoms in total. The summed E-state index contributed by atoms with van der Waals surface area (Å²) in [5.41, 5.74) is 2.00. The lowest BCUT2D eigenvalue weighted by Crippen LogP contribution is -2.31. The molecule has 0 atom stereocenters. The summed E-state index contributed by atoms with van der Waals surface area (Å²) in [6.07, 6.45) is 2.96. The van der Waals surface area contributed by atoms with Crippen LogP contribution in [0.25, 0.3) is 26.5 Å². The monoisotopic (exact) mass is 466 g/mol. The molecule has 0 spiro atoms. The van der Waals surface area contributed by atoms with Crippen molar-refractivity contribution in [3.8, 4) is 20.5 Å². The zero-order chi connectivity index (χ0) is 22.5. The van der Waals surface area contributed by atoms with Crippen LogP contribution in [0.3, 0.4) is 0 Å². The maximum atomic E-state index is 12.9. The van der Waals surface area contributed by atoms with Crippen LogP contribution >= 0.6 is 22.7 Å². The number of hydrogen-bond acceptors (Lipinski definition) is 6. The molecule has 0 saturated carbocycles. The molecule has 3 aromatic heterocycles. The van der Waals surface area contributed by atoms with Crippen molar-refractivity contribution >= 4 is 34.7 Å². The fourth-order valence-electron chi connectivity index (χ4n) is 2.96. The average molecular weight is 467 g/mol. The number of hydrogen-bond donors (Lipinski definition) is 1. The summed E-state index contributed by atoms with van der Waals surface area (Å²) >= 11 is 3.16. The van der Waals surface area contributed by atoms with E-state index in [1.165, 1.54) is 40.3 Å². The molecule has 3 heterocycles. The molecule has 4 rings (SSSR count). The van der Waals surface area contributed by atoms with Crippen LogP contribution < -0.4 is 10.9 Å². The van der Waals surface area contributed by atoms with Gasteiger partial charge in [0, 0.05) is 18.7 Å². The lowest BCUT2D eigenvalue weighted by molar-refractivity contribution is -0.116. The Kier molecular flexibility index (Phi) is 6.67. The van der Waals surface area contributed by atoms with Gasteiger partial charge in [-0.3, -0.25) is 9.59 Å². The molecule has 0 bridgehead atoms. The van der Waals surface area contributed by atoms with E-state index in [-0.39, 0.29) is 30.4 Å². The van der Waals surface area contributed by atoms with E-state index in [0.717, 1.165) is 20.5 Å². The van der Waals surface area contributed by atoms with Gasteiger partial charge < -0.3 is 5.32 Å². The molecule has 0 fully saturated rings.